The van der Waals surface area contributed by atoms with Crippen LogP contribution in [0.1, 0.15) is 15.9 Å². The van der Waals surface area contributed by atoms with Gasteiger partial charge >= 0.3 is 0 Å². The topological polar surface area (TPSA) is 52.3 Å². The smallest absolute Gasteiger partial charge is 0.150 e. The van der Waals surface area contributed by atoms with E-state index in [0.29, 0.717) is 17.9 Å². The molecule has 0 aliphatic carbocycles. The molecule has 0 radical (unpaired) electrons. The maximum Gasteiger partial charge on any atom is 0.150 e. The van der Waals surface area contributed by atoms with E-state index in [1.807, 2.05) is 0 Å². The molecular weight excluding hydrogens is 269 g/mol. The lowest BCUT2D eigenvalue weighted by Crippen LogP contribution is -2.01. The molecule has 0 saturated heterocycles. The van der Waals surface area contributed by atoms with Gasteiger partial charge in [0.05, 0.1) is 11.6 Å². The summed E-state index contributed by atoms with van der Waals surface area (Å²) >= 11 is 3.30. The quantitative estimate of drug-likeness (QED) is 0.863. The zero-order valence-corrected chi connectivity index (χ0v) is 10.0. The van der Waals surface area contributed by atoms with Gasteiger partial charge < -0.3 is 10.5 Å². The molecule has 0 heterocycles. The van der Waals surface area contributed by atoms with Crippen LogP contribution < -0.4 is 10.5 Å². The van der Waals surface area contributed by atoms with Crippen molar-refractivity contribution in [2.75, 3.05) is 7.11 Å². The molecule has 0 aliphatic rings. The number of carbonyl (C=O) groups is 1. The Labute approximate surface area is 97.2 Å². The molecule has 14 heavy (non-hydrogen) atoms. The second-order valence-electron chi connectivity index (χ2n) is 2.52. The highest BCUT2D eigenvalue weighted by molar-refractivity contribution is 9.10. The molecule has 3 nitrogen and oxygen atoms in total. The Morgan fingerprint density at radius 3 is 2.64 bits per heavy atom. The van der Waals surface area contributed by atoms with Crippen LogP contribution in [0.25, 0.3) is 0 Å². The van der Waals surface area contributed by atoms with Gasteiger partial charge in [-0.3, -0.25) is 4.79 Å². The van der Waals surface area contributed by atoms with E-state index in [1.165, 1.54) is 0 Å². The Morgan fingerprint density at radius 1 is 1.57 bits per heavy atom. The molecular formula is C9H11BrClNO2. The van der Waals surface area contributed by atoms with Crippen LogP contribution >= 0.6 is 28.3 Å². The van der Waals surface area contributed by atoms with E-state index in [-0.39, 0.29) is 12.4 Å². The van der Waals surface area contributed by atoms with Crippen LogP contribution in [-0.2, 0) is 6.54 Å². The van der Waals surface area contributed by atoms with Crippen LogP contribution in [0, 0.1) is 0 Å². The monoisotopic (exact) mass is 279 g/mol. The molecule has 0 fully saturated rings. The molecule has 0 aliphatic heterocycles. The summed E-state index contributed by atoms with van der Waals surface area (Å²) in [7, 11) is 1.57. The van der Waals surface area contributed by atoms with Gasteiger partial charge in [-0.05, 0) is 28.1 Å². The van der Waals surface area contributed by atoms with Crippen LogP contribution in [0.4, 0.5) is 0 Å². The van der Waals surface area contributed by atoms with E-state index >= 15 is 0 Å². The maximum atomic E-state index is 10.5. The zero-order chi connectivity index (χ0) is 9.84. The lowest BCUT2D eigenvalue weighted by atomic mass is 10.1. The first kappa shape index (κ1) is 13.4. The number of halogens is 2. The minimum Gasteiger partial charge on any atom is -0.495 e. The van der Waals surface area contributed by atoms with Crippen molar-refractivity contribution >= 4 is 34.6 Å². The molecule has 0 amide bonds. The van der Waals surface area contributed by atoms with Crippen molar-refractivity contribution in [3.8, 4) is 5.75 Å². The summed E-state index contributed by atoms with van der Waals surface area (Å²) in [6.45, 7) is 0.351. The first-order chi connectivity index (χ1) is 6.22. The predicted molar refractivity (Wildman–Crippen MR) is 61.2 cm³/mol. The molecule has 1 rings (SSSR count). The normalized spacial score (nSPS) is 9.07. The number of hydrogen-bond donors (Lipinski definition) is 1. The Hall–Kier alpha value is -0.580. The maximum absolute atomic E-state index is 10.5. The summed E-state index contributed by atoms with van der Waals surface area (Å²) in [4.78, 5) is 10.5. The molecule has 0 spiro atoms. The highest BCUT2D eigenvalue weighted by Gasteiger charge is 2.07. The molecule has 5 heteroatoms. The van der Waals surface area contributed by atoms with Crippen LogP contribution in [0.15, 0.2) is 16.6 Å². The molecule has 0 atom stereocenters. The van der Waals surface area contributed by atoms with Gasteiger partial charge in [0, 0.05) is 17.7 Å². The Kier molecular flexibility index (Phi) is 5.76. The molecule has 1 aromatic carbocycles. The number of benzene rings is 1. The van der Waals surface area contributed by atoms with E-state index in [1.54, 1.807) is 19.2 Å². The second kappa shape index (κ2) is 6.01. The summed E-state index contributed by atoms with van der Waals surface area (Å²) in [5.41, 5.74) is 6.91. The zero-order valence-electron chi connectivity index (χ0n) is 7.62. The van der Waals surface area contributed by atoms with E-state index in [4.69, 9.17) is 10.5 Å². The summed E-state index contributed by atoms with van der Waals surface area (Å²) in [6, 6.07) is 3.42. The van der Waals surface area contributed by atoms with Crippen molar-refractivity contribution in [1.29, 1.82) is 0 Å². The average Bonchev–Trinajstić information content (AvgIpc) is 2.16. The van der Waals surface area contributed by atoms with E-state index in [2.05, 4.69) is 15.9 Å². The first-order valence-electron chi connectivity index (χ1n) is 3.74. The van der Waals surface area contributed by atoms with Gasteiger partial charge in [0.25, 0.3) is 0 Å². The number of carbonyl (C=O) groups excluding carboxylic acids is 1. The lowest BCUT2D eigenvalue weighted by molar-refractivity contribution is 0.112. The number of ether oxygens (including phenoxy) is 1. The number of methoxy groups -OCH3 is 1. The lowest BCUT2D eigenvalue weighted by Gasteiger charge is -2.09. The van der Waals surface area contributed by atoms with Crippen molar-refractivity contribution in [2.24, 2.45) is 5.73 Å². The summed E-state index contributed by atoms with van der Waals surface area (Å²) < 4.78 is 5.87. The SMILES string of the molecule is COc1c(Br)cc(C=O)cc1CN.Cl. The fourth-order valence-corrected chi connectivity index (χ4v) is 1.80. The van der Waals surface area contributed by atoms with Gasteiger partial charge in [0.1, 0.15) is 12.0 Å². The fourth-order valence-electron chi connectivity index (χ4n) is 1.12. The molecule has 2 N–H and O–H groups in total. The van der Waals surface area contributed by atoms with Gasteiger partial charge in [-0.25, -0.2) is 0 Å². The Morgan fingerprint density at radius 2 is 2.21 bits per heavy atom. The molecule has 0 saturated carbocycles. The van der Waals surface area contributed by atoms with Crippen LogP contribution in [-0.4, -0.2) is 13.4 Å². The molecule has 0 bridgehead atoms. The predicted octanol–water partition coefficient (Wildman–Crippen LogP) is 2.15. The van der Waals surface area contributed by atoms with Gasteiger partial charge in [-0.1, -0.05) is 0 Å². The average molecular weight is 281 g/mol. The third kappa shape index (κ3) is 2.70. The van der Waals surface area contributed by atoms with Crippen molar-refractivity contribution in [2.45, 2.75) is 6.54 Å². The van der Waals surface area contributed by atoms with Crippen LogP contribution in [0.3, 0.4) is 0 Å². The molecule has 1 aromatic rings. The fraction of sp³-hybridized carbons (Fsp3) is 0.222. The van der Waals surface area contributed by atoms with Gasteiger partial charge in [-0.2, -0.15) is 0 Å². The third-order valence-electron chi connectivity index (χ3n) is 1.70. The number of nitrogens with two attached hydrogens (primary N) is 1. The summed E-state index contributed by atoms with van der Waals surface area (Å²) in [6.07, 6.45) is 0.781. The number of aldehydes is 1. The second-order valence-corrected chi connectivity index (χ2v) is 3.37. The van der Waals surface area contributed by atoms with Gasteiger partial charge in [-0.15, -0.1) is 12.4 Å². The summed E-state index contributed by atoms with van der Waals surface area (Å²) in [5.74, 6) is 0.688. The van der Waals surface area contributed by atoms with Crippen molar-refractivity contribution in [3.05, 3.63) is 27.7 Å². The molecule has 0 aromatic heterocycles. The number of hydrogen-bond acceptors (Lipinski definition) is 3. The first-order valence-corrected chi connectivity index (χ1v) is 4.54. The standard InChI is InChI=1S/C9H10BrNO2.ClH/c1-13-9-7(4-11)2-6(5-12)3-8(9)10;/h2-3,5H,4,11H2,1H3;1H. The minimum absolute atomic E-state index is 0. The van der Waals surface area contributed by atoms with Crippen LogP contribution in [0.2, 0.25) is 0 Å². The van der Waals surface area contributed by atoms with Crippen molar-refractivity contribution < 1.29 is 9.53 Å². The summed E-state index contributed by atoms with van der Waals surface area (Å²) in [5, 5.41) is 0. The number of rotatable bonds is 3. The largest absolute Gasteiger partial charge is 0.495 e. The van der Waals surface area contributed by atoms with Crippen LogP contribution in [0.5, 0.6) is 5.75 Å². The Balaban J connectivity index is 0.00000169. The van der Waals surface area contributed by atoms with Gasteiger partial charge in [0.15, 0.2) is 0 Å². The third-order valence-corrected chi connectivity index (χ3v) is 2.29. The Bertz CT molecular complexity index is 331. The van der Waals surface area contributed by atoms with Gasteiger partial charge in [0.2, 0.25) is 0 Å². The van der Waals surface area contributed by atoms with E-state index in [0.717, 1.165) is 16.3 Å². The minimum atomic E-state index is 0. The van der Waals surface area contributed by atoms with E-state index < -0.39 is 0 Å². The van der Waals surface area contributed by atoms with Crippen molar-refractivity contribution in [3.63, 3.8) is 0 Å². The van der Waals surface area contributed by atoms with Crippen molar-refractivity contribution in [1.82, 2.24) is 0 Å². The van der Waals surface area contributed by atoms with E-state index in [9.17, 15) is 4.79 Å². The molecule has 0 unspecified atom stereocenters. The highest BCUT2D eigenvalue weighted by atomic mass is 79.9. The highest BCUT2D eigenvalue weighted by Crippen LogP contribution is 2.29. The molecule has 78 valence electrons.